The summed E-state index contributed by atoms with van der Waals surface area (Å²) in [5, 5.41) is 6.48. The van der Waals surface area contributed by atoms with E-state index < -0.39 is 0 Å². The van der Waals surface area contributed by atoms with E-state index in [1.807, 2.05) is 0 Å². The predicted octanol–water partition coefficient (Wildman–Crippen LogP) is 4.04. The van der Waals surface area contributed by atoms with Gasteiger partial charge in [0.2, 0.25) is 11.8 Å². The molecule has 3 atom stereocenters. The van der Waals surface area contributed by atoms with Crippen LogP contribution in [0.3, 0.4) is 0 Å². The molecule has 156 valence electrons. The van der Waals surface area contributed by atoms with Gasteiger partial charge in [0.05, 0.1) is 0 Å². The minimum Gasteiger partial charge on any atom is -0.355 e. The fraction of sp³-hybridized carbons (Fsp3) is 0.917. The van der Waals surface area contributed by atoms with E-state index in [4.69, 9.17) is 0 Å². The van der Waals surface area contributed by atoms with Crippen molar-refractivity contribution in [2.75, 3.05) is 6.54 Å². The summed E-state index contributed by atoms with van der Waals surface area (Å²) < 4.78 is 0. The van der Waals surface area contributed by atoms with E-state index in [0.717, 1.165) is 49.4 Å². The summed E-state index contributed by atoms with van der Waals surface area (Å²) >= 11 is 0. The predicted molar refractivity (Wildman–Crippen MR) is 109 cm³/mol. The van der Waals surface area contributed by atoms with Crippen LogP contribution in [0, 0.1) is 39.9 Å². The lowest BCUT2D eigenvalue weighted by Gasteiger charge is -2.55. The molecule has 6 rings (SSSR count). The van der Waals surface area contributed by atoms with Crippen LogP contribution >= 0.6 is 0 Å². The van der Waals surface area contributed by atoms with E-state index in [0.29, 0.717) is 24.4 Å². The van der Waals surface area contributed by atoms with Crippen LogP contribution < -0.4 is 10.6 Å². The quantitative estimate of drug-likeness (QED) is 0.749. The van der Waals surface area contributed by atoms with Gasteiger partial charge in [0.25, 0.3) is 0 Å². The molecule has 6 saturated carbocycles. The summed E-state index contributed by atoms with van der Waals surface area (Å²) in [6.07, 6.45) is 11.4. The van der Waals surface area contributed by atoms with Crippen molar-refractivity contribution in [3.63, 3.8) is 0 Å². The van der Waals surface area contributed by atoms with E-state index in [2.05, 4.69) is 31.4 Å². The Morgan fingerprint density at radius 3 is 2.04 bits per heavy atom. The lowest BCUT2D eigenvalue weighted by Crippen LogP contribution is -2.54. The maximum absolute atomic E-state index is 13.0. The average molecular weight is 387 g/mol. The van der Waals surface area contributed by atoms with Crippen molar-refractivity contribution in [3.8, 4) is 0 Å². The van der Waals surface area contributed by atoms with Crippen molar-refractivity contribution in [3.05, 3.63) is 0 Å². The van der Waals surface area contributed by atoms with Crippen LogP contribution in [0.2, 0.25) is 0 Å². The van der Waals surface area contributed by atoms with Crippen molar-refractivity contribution in [2.45, 2.75) is 91.0 Å². The lowest BCUT2D eigenvalue weighted by atomic mass is 9.49. The number of hydrogen-bond acceptors (Lipinski definition) is 2. The monoisotopic (exact) mass is 386 g/mol. The third kappa shape index (κ3) is 2.69. The maximum Gasteiger partial charge on any atom is 0.226 e. The molecule has 0 aromatic carbocycles. The van der Waals surface area contributed by atoms with Crippen LogP contribution in [0.25, 0.3) is 0 Å². The first-order valence-electron chi connectivity index (χ1n) is 11.8. The Morgan fingerprint density at radius 2 is 1.54 bits per heavy atom. The molecule has 28 heavy (non-hydrogen) atoms. The number of hydrogen-bond donors (Lipinski definition) is 2. The Balaban J connectivity index is 1.12. The molecule has 2 N–H and O–H groups in total. The molecular formula is C24H38N2O2. The Morgan fingerprint density at radius 1 is 0.929 bits per heavy atom. The first kappa shape index (κ1) is 18.9. The number of amides is 2. The molecule has 0 aromatic rings. The highest BCUT2D eigenvalue weighted by molar-refractivity contribution is 5.84. The molecule has 6 bridgehead atoms. The van der Waals surface area contributed by atoms with E-state index >= 15 is 0 Å². The van der Waals surface area contributed by atoms with Gasteiger partial charge < -0.3 is 10.6 Å². The molecule has 2 amide bonds. The van der Waals surface area contributed by atoms with E-state index in [9.17, 15) is 9.59 Å². The van der Waals surface area contributed by atoms with Gasteiger partial charge in [-0.05, 0) is 92.3 Å². The number of fused-ring (bicyclic) bond motifs is 2. The van der Waals surface area contributed by atoms with Crippen LogP contribution in [0.4, 0.5) is 0 Å². The Bertz CT molecular complexity index is 649. The average Bonchev–Trinajstić information content (AvgIpc) is 2.94. The molecule has 3 unspecified atom stereocenters. The summed E-state index contributed by atoms with van der Waals surface area (Å²) in [5.74, 6) is 3.43. The molecule has 0 saturated heterocycles. The zero-order valence-electron chi connectivity index (χ0n) is 18.0. The number of nitrogens with one attached hydrogen (secondary N) is 2. The first-order valence-corrected chi connectivity index (χ1v) is 11.8. The van der Waals surface area contributed by atoms with Crippen molar-refractivity contribution >= 4 is 11.8 Å². The second-order valence-corrected chi connectivity index (χ2v) is 11.9. The molecule has 6 aliphatic rings. The summed E-state index contributed by atoms with van der Waals surface area (Å²) in [5.41, 5.74) is 0.431. The lowest BCUT2D eigenvalue weighted by molar-refractivity contribution is -0.146. The number of carbonyl (C=O) groups excluding carboxylic acids is 2. The molecular weight excluding hydrogens is 348 g/mol. The van der Waals surface area contributed by atoms with Crippen molar-refractivity contribution in [1.29, 1.82) is 0 Å². The van der Waals surface area contributed by atoms with Crippen LogP contribution in [-0.4, -0.2) is 24.4 Å². The topological polar surface area (TPSA) is 58.2 Å². The minimum atomic E-state index is -0.104. The van der Waals surface area contributed by atoms with Crippen LogP contribution in [-0.2, 0) is 9.59 Å². The van der Waals surface area contributed by atoms with Crippen LogP contribution in [0.15, 0.2) is 0 Å². The number of rotatable bonds is 5. The minimum absolute atomic E-state index is 0.104. The molecule has 6 aliphatic carbocycles. The molecule has 4 nitrogen and oxygen atoms in total. The van der Waals surface area contributed by atoms with Crippen molar-refractivity contribution in [2.24, 2.45) is 39.9 Å². The van der Waals surface area contributed by atoms with E-state index in [1.54, 1.807) is 0 Å². The number of carbonyl (C=O) groups is 2. The summed E-state index contributed by atoms with van der Waals surface area (Å²) in [4.78, 5) is 25.6. The van der Waals surface area contributed by atoms with Gasteiger partial charge in [-0.25, -0.2) is 0 Å². The van der Waals surface area contributed by atoms with Gasteiger partial charge >= 0.3 is 0 Å². The van der Waals surface area contributed by atoms with Gasteiger partial charge in [-0.2, -0.15) is 0 Å². The van der Waals surface area contributed by atoms with E-state index in [1.165, 1.54) is 32.1 Å². The van der Waals surface area contributed by atoms with E-state index in [-0.39, 0.29) is 22.6 Å². The molecule has 0 radical (unpaired) electrons. The standard InChI is InChI=1S/C24H38N2O2/c1-22(2)18-4-6-23(22,3)19(11-18)26-20(27)5-7-25-21(28)24-12-15-8-16(13-24)10-17(9-15)14-24/h15-19H,4-14H2,1-3H3,(H,25,28)(H,26,27). The Hall–Kier alpha value is -1.06. The summed E-state index contributed by atoms with van der Waals surface area (Å²) in [7, 11) is 0. The van der Waals surface area contributed by atoms with Gasteiger partial charge in [0.15, 0.2) is 0 Å². The molecule has 4 heteroatoms. The van der Waals surface area contributed by atoms with Crippen LogP contribution in [0.5, 0.6) is 0 Å². The smallest absolute Gasteiger partial charge is 0.226 e. The second kappa shape index (κ2) is 6.22. The zero-order valence-corrected chi connectivity index (χ0v) is 18.0. The first-order chi connectivity index (χ1) is 13.2. The summed E-state index contributed by atoms with van der Waals surface area (Å²) in [6.45, 7) is 7.60. The SMILES string of the molecule is CC1(C)C2CCC1(C)C(NC(=O)CCNC(=O)C13CC4CC(CC(C4)C1)C3)C2. The fourth-order valence-corrected chi connectivity index (χ4v) is 8.55. The molecule has 0 aromatic heterocycles. The van der Waals surface area contributed by atoms with Gasteiger partial charge in [0.1, 0.15) is 0 Å². The molecule has 0 spiro atoms. The van der Waals surface area contributed by atoms with Crippen LogP contribution in [0.1, 0.15) is 85.0 Å². The van der Waals surface area contributed by atoms with Gasteiger partial charge in [-0.15, -0.1) is 0 Å². The molecule has 0 aliphatic heterocycles. The van der Waals surface area contributed by atoms with Gasteiger partial charge in [0, 0.05) is 24.4 Å². The Labute approximate surface area is 170 Å². The third-order valence-electron chi connectivity index (χ3n) is 10.3. The summed E-state index contributed by atoms with van der Waals surface area (Å²) in [6, 6.07) is 0.299. The fourth-order valence-electron chi connectivity index (χ4n) is 8.55. The highest BCUT2D eigenvalue weighted by Gasteiger charge is 2.61. The highest BCUT2D eigenvalue weighted by Crippen LogP contribution is 2.65. The third-order valence-corrected chi connectivity index (χ3v) is 10.3. The van der Waals surface area contributed by atoms with Crippen molar-refractivity contribution < 1.29 is 9.59 Å². The second-order valence-electron chi connectivity index (χ2n) is 11.9. The van der Waals surface area contributed by atoms with Gasteiger partial charge in [-0.3, -0.25) is 9.59 Å². The maximum atomic E-state index is 13.0. The van der Waals surface area contributed by atoms with Gasteiger partial charge in [-0.1, -0.05) is 20.8 Å². The van der Waals surface area contributed by atoms with Crippen molar-refractivity contribution in [1.82, 2.24) is 10.6 Å². The largest absolute Gasteiger partial charge is 0.355 e. The normalized spacial score (nSPS) is 47.3. The Kier molecular flexibility index (Phi) is 4.21. The zero-order chi connectivity index (χ0) is 19.7. The molecule has 6 fully saturated rings. The molecule has 0 heterocycles. The highest BCUT2D eigenvalue weighted by atomic mass is 16.2.